The molecule has 0 radical (unpaired) electrons. The van der Waals surface area contributed by atoms with E-state index in [1.807, 2.05) is 6.07 Å². The number of halogens is 2. The molecule has 0 spiro atoms. The number of aliphatic carboxylic acids is 1. The highest BCUT2D eigenvalue weighted by Gasteiger charge is 2.22. The van der Waals surface area contributed by atoms with Crippen LogP contribution in [0.15, 0.2) is 81.7 Å². The number of carbonyl (C=O) groups excluding carboxylic acids is 2. The fraction of sp³-hybridized carbons (Fsp3) is 0.0870. The van der Waals surface area contributed by atoms with E-state index in [-0.39, 0.29) is 12.2 Å². The van der Waals surface area contributed by atoms with Crippen LogP contribution in [0.3, 0.4) is 0 Å². The van der Waals surface area contributed by atoms with Crippen LogP contribution in [0.25, 0.3) is 0 Å². The molecule has 152 valence electrons. The van der Waals surface area contributed by atoms with Crippen LogP contribution < -0.4 is 5.32 Å². The third-order valence-electron chi connectivity index (χ3n) is 4.42. The summed E-state index contributed by atoms with van der Waals surface area (Å²) in [6.45, 7) is 0. The molecule has 3 aromatic rings. The maximum Gasteiger partial charge on any atom is 0.326 e. The van der Waals surface area contributed by atoms with Crippen molar-refractivity contribution >= 4 is 49.5 Å². The van der Waals surface area contributed by atoms with Crippen LogP contribution >= 0.6 is 31.9 Å². The van der Waals surface area contributed by atoms with Crippen molar-refractivity contribution < 1.29 is 19.5 Å². The average molecular weight is 531 g/mol. The molecular weight excluding hydrogens is 514 g/mol. The van der Waals surface area contributed by atoms with E-state index < -0.39 is 17.9 Å². The first kappa shape index (κ1) is 21.9. The SMILES string of the molecule is O=C(N[C@@H](Cc1ccc(C(=O)c2ccccc2)cc1)C(=O)O)c1cc(Br)cc(Br)c1. The van der Waals surface area contributed by atoms with E-state index in [4.69, 9.17) is 0 Å². The van der Waals surface area contributed by atoms with Gasteiger partial charge in [-0.25, -0.2) is 4.79 Å². The number of carbonyl (C=O) groups is 3. The molecule has 1 amide bonds. The number of rotatable bonds is 7. The molecule has 3 aromatic carbocycles. The number of benzene rings is 3. The molecule has 0 aliphatic heterocycles. The number of nitrogens with one attached hydrogen (secondary N) is 1. The van der Waals surface area contributed by atoms with Gasteiger partial charge in [-0.15, -0.1) is 0 Å². The first-order valence-corrected chi connectivity index (χ1v) is 10.6. The molecule has 0 saturated carbocycles. The van der Waals surface area contributed by atoms with Crippen LogP contribution in [-0.2, 0) is 11.2 Å². The zero-order valence-electron chi connectivity index (χ0n) is 15.6. The standard InChI is InChI=1S/C23H17Br2NO4/c24-18-11-17(12-19(25)13-18)22(28)26-20(23(29)30)10-14-6-8-16(9-7-14)21(27)15-4-2-1-3-5-15/h1-9,11-13,20H,10H2,(H,26,28)(H,29,30)/t20-/m0/s1. The van der Waals surface area contributed by atoms with Crippen molar-refractivity contribution in [3.05, 3.63) is 104 Å². The number of ketones is 1. The second-order valence-corrected chi connectivity index (χ2v) is 8.45. The predicted octanol–water partition coefficient (Wildman–Crippen LogP) is 4.87. The minimum Gasteiger partial charge on any atom is -0.480 e. The Labute approximate surface area is 190 Å². The molecule has 0 saturated heterocycles. The van der Waals surface area contributed by atoms with Crippen molar-refractivity contribution in [3.63, 3.8) is 0 Å². The zero-order chi connectivity index (χ0) is 21.7. The van der Waals surface area contributed by atoms with Gasteiger partial charge in [0.15, 0.2) is 5.78 Å². The minimum atomic E-state index is -1.14. The van der Waals surface area contributed by atoms with Crippen LogP contribution in [0.2, 0.25) is 0 Å². The number of carboxylic acids is 1. The largest absolute Gasteiger partial charge is 0.480 e. The summed E-state index contributed by atoms with van der Waals surface area (Å²) in [6.07, 6.45) is 0.0933. The van der Waals surface area contributed by atoms with E-state index in [1.165, 1.54) is 0 Å². The molecule has 3 rings (SSSR count). The van der Waals surface area contributed by atoms with Crippen molar-refractivity contribution in [2.24, 2.45) is 0 Å². The van der Waals surface area contributed by atoms with Gasteiger partial charge < -0.3 is 10.4 Å². The smallest absolute Gasteiger partial charge is 0.326 e. The van der Waals surface area contributed by atoms with Crippen LogP contribution in [-0.4, -0.2) is 28.8 Å². The summed E-state index contributed by atoms with van der Waals surface area (Å²) in [6, 6.07) is 19.6. The molecule has 2 N–H and O–H groups in total. The lowest BCUT2D eigenvalue weighted by Gasteiger charge is -2.15. The van der Waals surface area contributed by atoms with Crippen LogP contribution in [0.1, 0.15) is 31.8 Å². The Morgan fingerprint density at radius 2 is 1.37 bits per heavy atom. The monoisotopic (exact) mass is 529 g/mol. The van der Waals surface area contributed by atoms with Gasteiger partial charge in [0.2, 0.25) is 0 Å². The van der Waals surface area contributed by atoms with Gasteiger partial charge in [0.25, 0.3) is 5.91 Å². The van der Waals surface area contributed by atoms with Gasteiger partial charge in [0.1, 0.15) is 6.04 Å². The molecule has 1 atom stereocenters. The summed E-state index contributed by atoms with van der Waals surface area (Å²) >= 11 is 6.62. The summed E-state index contributed by atoms with van der Waals surface area (Å²) in [5.74, 6) is -1.73. The molecule has 0 fully saturated rings. The van der Waals surface area contributed by atoms with E-state index >= 15 is 0 Å². The van der Waals surface area contributed by atoms with E-state index in [0.29, 0.717) is 31.2 Å². The highest BCUT2D eigenvalue weighted by molar-refractivity contribution is 9.11. The van der Waals surface area contributed by atoms with Crippen LogP contribution in [0, 0.1) is 0 Å². The summed E-state index contributed by atoms with van der Waals surface area (Å²) in [4.78, 5) is 36.7. The van der Waals surface area contributed by atoms with Gasteiger partial charge >= 0.3 is 5.97 Å². The first-order chi connectivity index (χ1) is 14.3. The minimum absolute atomic E-state index is 0.0933. The topological polar surface area (TPSA) is 83.5 Å². The molecule has 0 heterocycles. The second kappa shape index (κ2) is 9.82. The Morgan fingerprint density at radius 1 is 0.800 bits per heavy atom. The van der Waals surface area contributed by atoms with Gasteiger partial charge in [-0.3, -0.25) is 9.59 Å². The summed E-state index contributed by atoms with van der Waals surface area (Å²) < 4.78 is 1.40. The molecule has 0 unspecified atom stereocenters. The van der Waals surface area contributed by atoms with Crippen molar-refractivity contribution in [3.8, 4) is 0 Å². The normalized spacial score (nSPS) is 11.5. The number of hydrogen-bond donors (Lipinski definition) is 2. The third-order valence-corrected chi connectivity index (χ3v) is 5.34. The van der Waals surface area contributed by atoms with Gasteiger partial charge in [0.05, 0.1) is 0 Å². The Morgan fingerprint density at radius 3 is 1.93 bits per heavy atom. The van der Waals surface area contributed by atoms with E-state index in [2.05, 4.69) is 37.2 Å². The van der Waals surface area contributed by atoms with E-state index in [0.717, 1.165) is 0 Å². The molecule has 30 heavy (non-hydrogen) atoms. The predicted molar refractivity (Wildman–Crippen MR) is 121 cm³/mol. The quantitative estimate of drug-likeness (QED) is 0.427. The molecule has 0 aromatic heterocycles. The maximum absolute atomic E-state index is 12.5. The molecule has 0 bridgehead atoms. The summed E-state index contributed by atoms with van der Waals surface area (Å²) in [7, 11) is 0. The van der Waals surface area contributed by atoms with Gasteiger partial charge in [-0.1, -0.05) is 86.5 Å². The fourth-order valence-corrected chi connectivity index (χ4v) is 4.20. The lowest BCUT2D eigenvalue weighted by Crippen LogP contribution is -2.42. The Bertz CT molecular complexity index is 1060. The second-order valence-electron chi connectivity index (χ2n) is 6.62. The van der Waals surface area contributed by atoms with E-state index in [9.17, 15) is 19.5 Å². The highest BCUT2D eigenvalue weighted by Crippen LogP contribution is 2.20. The summed E-state index contributed by atoms with van der Waals surface area (Å²) in [5.41, 5.74) is 2.13. The van der Waals surface area contributed by atoms with Crippen molar-refractivity contribution in [1.82, 2.24) is 5.32 Å². The van der Waals surface area contributed by atoms with Crippen molar-refractivity contribution in [2.45, 2.75) is 12.5 Å². The molecular formula is C23H17Br2NO4. The van der Waals surface area contributed by atoms with Gasteiger partial charge in [0, 0.05) is 32.1 Å². The van der Waals surface area contributed by atoms with E-state index in [1.54, 1.807) is 66.7 Å². The lowest BCUT2D eigenvalue weighted by atomic mass is 9.99. The third kappa shape index (κ3) is 5.64. The Kier molecular flexibility index (Phi) is 7.18. The van der Waals surface area contributed by atoms with Crippen LogP contribution in [0.4, 0.5) is 0 Å². The lowest BCUT2D eigenvalue weighted by molar-refractivity contribution is -0.139. The maximum atomic E-state index is 12.5. The molecule has 0 aliphatic rings. The van der Waals surface area contributed by atoms with Crippen LogP contribution in [0.5, 0.6) is 0 Å². The fourth-order valence-electron chi connectivity index (χ4n) is 2.91. The van der Waals surface area contributed by atoms with Gasteiger partial charge in [-0.05, 0) is 23.8 Å². The summed E-state index contributed by atoms with van der Waals surface area (Å²) in [5, 5.41) is 12.1. The van der Waals surface area contributed by atoms with Crippen molar-refractivity contribution in [1.29, 1.82) is 0 Å². The molecule has 5 nitrogen and oxygen atoms in total. The highest BCUT2D eigenvalue weighted by atomic mass is 79.9. The molecule has 7 heteroatoms. The Hall–Kier alpha value is -2.77. The zero-order valence-corrected chi connectivity index (χ0v) is 18.8. The number of amides is 1. The average Bonchev–Trinajstić information content (AvgIpc) is 2.73. The molecule has 0 aliphatic carbocycles. The van der Waals surface area contributed by atoms with Gasteiger partial charge in [-0.2, -0.15) is 0 Å². The number of hydrogen-bond acceptors (Lipinski definition) is 3. The first-order valence-electron chi connectivity index (χ1n) is 9.02. The Balaban J connectivity index is 1.71. The van der Waals surface area contributed by atoms with Crippen molar-refractivity contribution in [2.75, 3.05) is 0 Å². The number of carboxylic acid groups (broad SMARTS) is 1.